The summed E-state index contributed by atoms with van der Waals surface area (Å²) in [6, 6.07) is 0.421. The minimum atomic E-state index is -5.07. The molecule has 3 atom stereocenters. The van der Waals surface area contributed by atoms with Crippen molar-refractivity contribution in [3.63, 3.8) is 0 Å². The van der Waals surface area contributed by atoms with Crippen molar-refractivity contribution in [1.29, 1.82) is 0 Å². The molecule has 0 aliphatic carbocycles. The van der Waals surface area contributed by atoms with E-state index < -0.39 is 75.1 Å². The number of alkyl halides is 3. The Labute approximate surface area is 268 Å². The van der Waals surface area contributed by atoms with Crippen LogP contribution in [0.3, 0.4) is 0 Å². The van der Waals surface area contributed by atoms with Crippen LogP contribution in [0.4, 0.5) is 27.8 Å². The number of piperazine rings is 1. The first kappa shape index (κ1) is 32.7. The fourth-order valence-electron chi connectivity index (χ4n) is 6.72. The number of hydrogen-bond donors (Lipinski definition) is 2. The number of hydrogen-bond acceptors (Lipinski definition) is 7. The van der Waals surface area contributed by atoms with Crippen LogP contribution in [0.15, 0.2) is 39.3 Å². The Kier molecular flexibility index (Phi) is 8.23. The lowest BCUT2D eigenvalue weighted by molar-refractivity contribution is -0.137. The normalized spacial score (nSPS) is 20.3. The van der Waals surface area contributed by atoms with Gasteiger partial charge < -0.3 is 24.5 Å². The summed E-state index contributed by atoms with van der Waals surface area (Å²) in [4.78, 5) is 50.5. The summed E-state index contributed by atoms with van der Waals surface area (Å²) in [6.07, 6.45) is -4.81. The van der Waals surface area contributed by atoms with Crippen LogP contribution in [0.1, 0.15) is 33.3 Å². The standard InChI is InChI=1S/C31H31F5N6O4S/c1-6-21(43)42-14(4)9-40(10-15(42)5)28-17-7-18(31(34,35)36)22(23-19(32)8-20(33)24-25(23)38-29(44)37-24)27-26(17)41(30(45)39-28)11-16(12-47-27)46-13(2)3/h6-8,13-16H,1,9-12H2,2-5H3,(H2,37,38,44)/t14-,15+,16?. The number of fused-ring (bicyclic) bond motifs is 1. The molecule has 2 aliphatic heterocycles. The van der Waals surface area contributed by atoms with Gasteiger partial charge in [-0.1, -0.05) is 6.58 Å². The molecule has 2 aromatic heterocycles. The molecule has 1 unspecified atom stereocenters. The molecule has 4 heterocycles. The zero-order valence-electron chi connectivity index (χ0n) is 25.8. The second kappa shape index (κ2) is 11.8. The predicted molar refractivity (Wildman–Crippen MR) is 168 cm³/mol. The van der Waals surface area contributed by atoms with Gasteiger partial charge in [0.05, 0.1) is 35.3 Å². The number of H-pyrrole nitrogens is 2. The third kappa shape index (κ3) is 5.60. The number of ether oxygens (including phenoxy) is 1. The largest absolute Gasteiger partial charge is 0.417 e. The van der Waals surface area contributed by atoms with Crippen molar-refractivity contribution in [2.45, 2.75) is 69.6 Å². The third-order valence-corrected chi connectivity index (χ3v) is 9.60. The number of halogens is 5. The van der Waals surface area contributed by atoms with Crippen molar-refractivity contribution in [2.24, 2.45) is 0 Å². The fraction of sp³-hybridized carbons (Fsp3) is 0.419. The average Bonchev–Trinajstić information content (AvgIpc) is 3.26. The highest BCUT2D eigenvalue weighted by Gasteiger charge is 2.41. The summed E-state index contributed by atoms with van der Waals surface area (Å²) >= 11 is 0.947. The number of amides is 1. The molecule has 1 saturated heterocycles. The maximum atomic E-state index is 15.8. The van der Waals surface area contributed by atoms with Gasteiger partial charge in [0.1, 0.15) is 17.2 Å². The smallest absolute Gasteiger partial charge is 0.373 e. The van der Waals surface area contributed by atoms with E-state index in [2.05, 4.69) is 21.5 Å². The molecule has 0 radical (unpaired) electrons. The van der Waals surface area contributed by atoms with E-state index in [9.17, 15) is 18.8 Å². The Bertz CT molecular complexity index is 2040. The van der Waals surface area contributed by atoms with Crippen LogP contribution >= 0.6 is 11.8 Å². The predicted octanol–water partition coefficient (Wildman–Crippen LogP) is 5.04. The fourth-order valence-corrected chi connectivity index (χ4v) is 7.97. The minimum Gasteiger partial charge on any atom is -0.373 e. The van der Waals surface area contributed by atoms with Crippen LogP contribution in [-0.2, 0) is 22.3 Å². The van der Waals surface area contributed by atoms with E-state index in [0.29, 0.717) is 6.07 Å². The monoisotopic (exact) mass is 678 g/mol. The molecule has 2 N–H and O–H groups in total. The molecule has 6 rings (SSSR count). The van der Waals surface area contributed by atoms with Gasteiger partial charge >= 0.3 is 17.6 Å². The lowest BCUT2D eigenvalue weighted by atomic mass is 9.94. The summed E-state index contributed by atoms with van der Waals surface area (Å²) in [5.41, 5.74) is -5.19. The molecule has 2 aromatic carbocycles. The molecule has 0 saturated carbocycles. The first-order chi connectivity index (χ1) is 22.1. The topological polar surface area (TPSA) is 116 Å². The molecule has 250 valence electrons. The number of imidazole rings is 1. The summed E-state index contributed by atoms with van der Waals surface area (Å²) in [6.45, 7) is 10.9. The molecule has 4 aromatic rings. The van der Waals surface area contributed by atoms with E-state index in [-0.39, 0.29) is 59.0 Å². The molecule has 2 aliphatic rings. The van der Waals surface area contributed by atoms with Gasteiger partial charge in [0.15, 0.2) is 5.82 Å². The van der Waals surface area contributed by atoms with Gasteiger partial charge in [-0.15, -0.1) is 11.8 Å². The number of anilines is 1. The van der Waals surface area contributed by atoms with Gasteiger partial charge in [-0.25, -0.2) is 18.4 Å². The molecule has 16 heteroatoms. The van der Waals surface area contributed by atoms with Crippen LogP contribution in [0, 0.1) is 11.6 Å². The Morgan fingerprint density at radius 1 is 1.06 bits per heavy atom. The SMILES string of the molecule is C=CC(=O)N1[C@H](C)CN(c2nc(=O)n3c4c(c(-c5c(F)cc(F)c6[nH]c(=O)[nH]c56)c(C(F)(F)F)cc24)SCC(OC(C)C)C3)C[C@@H]1C. The number of carbonyl (C=O) groups is 1. The van der Waals surface area contributed by atoms with Crippen molar-refractivity contribution in [1.82, 2.24) is 24.4 Å². The van der Waals surface area contributed by atoms with E-state index in [0.717, 1.165) is 17.8 Å². The zero-order chi connectivity index (χ0) is 34.1. The maximum Gasteiger partial charge on any atom is 0.417 e. The molecular formula is C31H31F5N6O4S. The van der Waals surface area contributed by atoms with Gasteiger partial charge in [0, 0.05) is 58.4 Å². The summed E-state index contributed by atoms with van der Waals surface area (Å²) in [5.74, 6) is -2.74. The zero-order valence-corrected chi connectivity index (χ0v) is 26.6. The van der Waals surface area contributed by atoms with Gasteiger partial charge in [-0.2, -0.15) is 18.2 Å². The highest BCUT2D eigenvalue weighted by Crippen LogP contribution is 2.50. The summed E-state index contributed by atoms with van der Waals surface area (Å²) < 4.78 is 83.2. The van der Waals surface area contributed by atoms with Crippen LogP contribution in [0.25, 0.3) is 33.1 Å². The lowest BCUT2D eigenvalue weighted by Gasteiger charge is -2.44. The molecule has 1 amide bonds. The van der Waals surface area contributed by atoms with Crippen LogP contribution < -0.4 is 16.3 Å². The van der Waals surface area contributed by atoms with Crippen molar-refractivity contribution >= 4 is 45.4 Å². The number of thioether (sulfide) groups is 1. The minimum absolute atomic E-state index is 0.0161. The highest BCUT2D eigenvalue weighted by atomic mass is 32.2. The van der Waals surface area contributed by atoms with E-state index in [4.69, 9.17) is 4.74 Å². The van der Waals surface area contributed by atoms with Crippen LogP contribution in [-0.4, -0.2) is 73.5 Å². The number of aromatic amines is 2. The van der Waals surface area contributed by atoms with Crippen molar-refractivity contribution in [3.05, 3.63) is 63.0 Å². The van der Waals surface area contributed by atoms with Gasteiger partial charge in [0.25, 0.3) is 0 Å². The molecule has 10 nitrogen and oxygen atoms in total. The number of nitrogens with one attached hydrogen (secondary N) is 2. The Balaban J connectivity index is 1.71. The quantitative estimate of drug-likeness (QED) is 0.225. The van der Waals surface area contributed by atoms with Crippen LogP contribution in [0.5, 0.6) is 0 Å². The highest BCUT2D eigenvalue weighted by molar-refractivity contribution is 7.99. The molecule has 0 spiro atoms. The Morgan fingerprint density at radius 3 is 2.34 bits per heavy atom. The first-order valence-corrected chi connectivity index (χ1v) is 15.9. The average molecular weight is 679 g/mol. The molecular weight excluding hydrogens is 647 g/mol. The van der Waals surface area contributed by atoms with E-state index in [1.54, 1.807) is 37.5 Å². The van der Waals surface area contributed by atoms with E-state index in [1.165, 1.54) is 10.6 Å². The van der Waals surface area contributed by atoms with Crippen molar-refractivity contribution in [3.8, 4) is 11.1 Å². The number of rotatable bonds is 5. The second-order valence-electron chi connectivity index (χ2n) is 12.1. The molecule has 1 fully saturated rings. The second-order valence-corrected chi connectivity index (χ2v) is 13.1. The first-order valence-electron chi connectivity index (χ1n) is 14.9. The molecule has 0 bridgehead atoms. The number of aromatic nitrogens is 4. The Hall–Kier alpha value is -4.18. The van der Waals surface area contributed by atoms with Crippen LogP contribution in [0.2, 0.25) is 0 Å². The number of nitrogens with zero attached hydrogens (tertiary/aromatic N) is 4. The number of carbonyl (C=O) groups excluding carboxylic acids is 1. The van der Waals surface area contributed by atoms with Gasteiger partial charge in [-0.3, -0.25) is 9.36 Å². The molecule has 47 heavy (non-hydrogen) atoms. The van der Waals surface area contributed by atoms with Crippen molar-refractivity contribution < 1.29 is 31.5 Å². The van der Waals surface area contributed by atoms with E-state index in [1.807, 2.05) is 0 Å². The maximum absolute atomic E-state index is 15.8. The summed E-state index contributed by atoms with van der Waals surface area (Å²) in [7, 11) is 0. The van der Waals surface area contributed by atoms with Gasteiger partial charge in [0.2, 0.25) is 5.91 Å². The third-order valence-electron chi connectivity index (χ3n) is 8.37. The number of benzene rings is 2. The summed E-state index contributed by atoms with van der Waals surface area (Å²) in [5, 5.41) is -0.0161. The lowest BCUT2D eigenvalue weighted by Crippen LogP contribution is -2.58. The van der Waals surface area contributed by atoms with Crippen molar-refractivity contribution in [2.75, 3.05) is 23.7 Å². The van der Waals surface area contributed by atoms with Gasteiger partial charge in [-0.05, 0) is 39.8 Å². The van der Waals surface area contributed by atoms with E-state index >= 15 is 17.6 Å². The Morgan fingerprint density at radius 2 is 1.72 bits per heavy atom.